The van der Waals surface area contributed by atoms with Crippen LogP contribution >= 0.6 is 0 Å². The van der Waals surface area contributed by atoms with Gasteiger partial charge in [-0.2, -0.15) is 0 Å². The quantitative estimate of drug-likeness (QED) is 0.261. The zero-order valence-electron chi connectivity index (χ0n) is 5.10. The van der Waals surface area contributed by atoms with Gasteiger partial charge < -0.3 is 11.0 Å². The molecule has 0 rings (SSSR count). The minimum absolute atomic E-state index is 0. The number of hydrogen-bond donors (Lipinski definition) is 0. The van der Waals surface area contributed by atoms with Gasteiger partial charge >= 0.3 is 18.9 Å². The molecule has 0 saturated heterocycles. The minimum atomic E-state index is 0. The summed E-state index contributed by atoms with van der Waals surface area (Å²) in [7, 11) is 1.48. The number of hydrogen-bond acceptors (Lipinski definition) is 2. The van der Waals surface area contributed by atoms with E-state index in [0.29, 0.717) is 6.29 Å². The second kappa shape index (κ2) is 8.97. The summed E-state index contributed by atoms with van der Waals surface area (Å²) in [4.78, 5) is 9.28. The van der Waals surface area contributed by atoms with Gasteiger partial charge in [-0.15, -0.1) is 0 Å². The monoisotopic (exact) mass is 82.1 g/mol. The molecule has 3 heteroatoms. The molecule has 0 fully saturated rings. The largest absolute Gasteiger partial charge is 1.00 e. The molecule has 0 N–H and O–H groups in total. The molecule has 0 aromatic carbocycles. The molecule has 0 atom stereocenters. The van der Waals surface area contributed by atoms with E-state index in [2.05, 4.69) is 4.74 Å². The van der Waals surface area contributed by atoms with Crippen LogP contribution in [-0.2, 0) is 9.53 Å². The van der Waals surface area contributed by atoms with Gasteiger partial charge in [0, 0.05) is 7.11 Å². The van der Waals surface area contributed by atoms with E-state index < -0.39 is 0 Å². The molecule has 0 aromatic heterocycles. The van der Waals surface area contributed by atoms with Crippen LogP contribution in [-0.4, -0.2) is 20.0 Å². The smallest absolute Gasteiger partial charge is 1.00 e. The molecular formula is C3H7LiO2. The van der Waals surface area contributed by atoms with Gasteiger partial charge in [-0.05, 0) is 0 Å². The molecule has 0 unspecified atom stereocenters. The third-order valence-electron chi connectivity index (χ3n) is 0.235. The Labute approximate surface area is 50.5 Å². The number of methoxy groups -OCH3 is 1. The fourth-order valence-electron chi connectivity index (χ4n) is 0.0680. The standard InChI is InChI=1S/C3H6O2.Li.H/c1-5-3-2-4;;/h2H,3H2,1H3;;/q;+1;-1. The van der Waals surface area contributed by atoms with Gasteiger partial charge in [0.05, 0.1) is 0 Å². The van der Waals surface area contributed by atoms with E-state index in [0.717, 1.165) is 0 Å². The van der Waals surface area contributed by atoms with E-state index in [-0.39, 0.29) is 26.9 Å². The maximum atomic E-state index is 9.28. The number of ether oxygens (including phenoxy) is 1. The third kappa shape index (κ3) is 8.88. The van der Waals surface area contributed by atoms with Crippen molar-refractivity contribution in [1.82, 2.24) is 0 Å². The summed E-state index contributed by atoms with van der Waals surface area (Å²) in [5, 5.41) is 0. The van der Waals surface area contributed by atoms with Crippen LogP contribution in [0.15, 0.2) is 0 Å². The summed E-state index contributed by atoms with van der Waals surface area (Å²) in [5.41, 5.74) is 0. The van der Waals surface area contributed by atoms with E-state index in [4.69, 9.17) is 0 Å². The molecule has 0 bridgehead atoms. The Balaban J connectivity index is -0.0000000800. The molecule has 0 aliphatic rings. The molecular weight excluding hydrogens is 75.0 g/mol. The molecule has 0 spiro atoms. The van der Waals surface area contributed by atoms with E-state index in [9.17, 15) is 4.79 Å². The van der Waals surface area contributed by atoms with E-state index >= 15 is 0 Å². The predicted octanol–water partition coefficient (Wildman–Crippen LogP) is -3.05. The maximum Gasteiger partial charge on any atom is 1.00 e. The van der Waals surface area contributed by atoms with Gasteiger partial charge in [0.2, 0.25) is 0 Å². The van der Waals surface area contributed by atoms with Crippen LogP contribution < -0.4 is 18.9 Å². The Bertz CT molecular complexity index is 34.1. The Morgan fingerprint density at radius 1 is 2.00 bits per heavy atom. The van der Waals surface area contributed by atoms with Crippen LogP contribution in [0.4, 0.5) is 0 Å². The van der Waals surface area contributed by atoms with Gasteiger partial charge in [0.1, 0.15) is 12.9 Å². The van der Waals surface area contributed by atoms with Crippen molar-refractivity contribution in [3.05, 3.63) is 0 Å². The zero-order valence-corrected chi connectivity index (χ0v) is 4.10. The molecule has 0 amide bonds. The SMILES string of the molecule is COCC=O.[H-].[Li+]. The second-order valence-corrected chi connectivity index (χ2v) is 0.622. The molecule has 0 heterocycles. The van der Waals surface area contributed by atoms with Crippen LogP contribution in [0.5, 0.6) is 0 Å². The first-order chi connectivity index (χ1) is 2.41. The summed E-state index contributed by atoms with van der Waals surface area (Å²) in [6, 6.07) is 0. The Morgan fingerprint density at radius 3 is 2.50 bits per heavy atom. The topological polar surface area (TPSA) is 26.3 Å². The van der Waals surface area contributed by atoms with E-state index in [1.165, 1.54) is 7.11 Å². The first-order valence-electron chi connectivity index (χ1n) is 1.34. The van der Waals surface area contributed by atoms with Crippen molar-refractivity contribution in [3.8, 4) is 0 Å². The van der Waals surface area contributed by atoms with Gasteiger partial charge in [0.25, 0.3) is 0 Å². The summed E-state index contributed by atoms with van der Waals surface area (Å²) < 4.78 is 4.32. The fraction of sp³-hybridized carbons (Fsp3) is 0.667. The van der Waals surface area contributed by atoms with Crippen LogP contribution in [0.1, 0.15) is 1.43 Å². The average Bonchev–Trinajstić information content (AvgIpc) is 1.41. The van der Waals surface area contributed by atoms with E-state index in [1.54, 1.807) is 0 Å². The van der Waals surface area contributed by atoms with Crippen LogP contribution in [0.2, 0.25) is 0 Å². The zero-order chi connectivity index (χ0) is 4.12. The minimum Gasteiger partial charge on any atom is -1.00 e. The number of aldehydes is 1. The Hall–Kier alpha value is 0.227. The first kappa shape index (κ1) is 9.52. The molecule has 0 aromatic rings. The summed E-state index contributed by atoms with van der Waals surface area (Å²) in [5.74, 6) is 0. The summed E-state index contributed by atoms with van der Waals surface area (Å²) in [6.45, 7) is 0.208. The van der Waals surface area contributed by atoms with Gasteiger partial charge in [-0.1, -0.05) is 0 Å². The van der Waals surface area contributed by atoms with Crippen molar-refractivity contribution >= 4 is 6.29 Å². The third-order valence-corrected chi connectivity index (χ3v) is 0.235. The van der Waals surface area contributed by atoms with Crippen LogP contribution in [0.25, 0.3) is 0 Å². The van der Waals surface area contributed by atoms with Crippen molar-refractivity contribution in [3.63, 3.8) is 0 Å². The molecule has 32 valence electrons. The van der Waals surface area contributed by atoms with Crippen LogP contribution in [0, 0.1) is 0 Å². The summed E-state index contributed by atoms with van der Waals surface area (Å²) in [6.07, 6.45) is 0.708. The van der Waals surface area contributed by atoms with Gasteiger partial charge in [-0.25, -0.2) is 0 Å². The second-order valence-electron chi connectivity index (χ2n) is 0.622. The predicted molar refractivity (Wildman–Crippen MR) is 19.1 cm³/mol. The number of carbonyl (C=O) groups excluding carboxylic acids is 1. The van der Waals surface area contributed by atoms with Gasteiger partial charge in [0.15, 0.2) is 0 Å². The van der Waals surface area contributed by atoms with Crippen molar-refractivity contribution < 1.29 is 29.8 Å². The maximum absolute atomic E-state index is 9.28. The average molecular weight is 82.0 g/mol. The van der Waals surface area contributed by atoms with Crippen LogP contribution in [0.3, 0.4) is 0 Å². The Kier molecular flexibility index (Phi) is 14.2. The van der Waals surface area contributed by atoms with Crippen molar-refractivity contribution in [2.45, 2.75) is 0 Å². The number of carbonyl (C=O) groups is 1. The first-order valence-corrected chi connectivity index (χ1v) is 1.34. The molecule has 0 radical (unpaired) electrons. The molecule has 6 heavy (non-hydrogen) atoms. The fourth-order valence-corrected chi connectivity index (χ4v) is 0.0680. The summed E-state index contributed by atoms with van der Waals surface area (Å²) >= 11 is 0. The molecule has 0 saturated carbocycles. The van der Waals surface area contributed by atoms with Crippen molar-refractivity contribution in [2.24, 2.45) is 0 Å². The Morgan fingerprint density at radius 2 is 2.50 bits per heavy atom. The van der Waals surface area contributed by atoms with Crippen molar-refractivity contribution in [2.75, 3.05) is 13.7 Å². The molecule has 0 aliphatic heterocycles. The van der Waals surface area contributed by atoms with E-state index in [1.807, 2.05) is 0 Å². The molecule has 2 nitrogen and oxygen atoms in total. The van der Waals surface area contributed by atoms with Crippen molar-refractivity contribution in [1.29, 1.82) is 0 Å². The van der Waals surface area contributed by atoms with Gasteiger partial charge in [-0.3, -0.25) is 0 Å². The number of rotatable bonds is 2. The molecule has 0 aliphatic carbocycles. The normalized spacial score (nSPS) is 6.17.